The van der Waals surface area contributed by atoms with Crippen molar-refractivity contribution in [1.29, 1.82) is 0 Å². The molecule has 1 fully saturated rings. The van der Waals surface area contributed by atoms with E-state index in [-0.39, 0.29) is 6.04 Å². The van der Waals surface area contributed by atoms with Crippen LogP contribution in [0.2, 0.25) is 0 Å². The van der Waals surface area contributed by atoms with Crippen LogP contribution in [0.15, 0.2) is 5.16 Å². The van der Waals surface area contributed by atoms with Crippen LogP contribution in [0.25, 0.3) is 0 Å². The molecule has 0 aromatic heterocycles. The van der Waals surface area contributed by atoms with Crippen molar-refractivity contribution in [2.75, 3.05) is 26.3 Å². The minimum absolute atomic E-state index is 0.350. The minimum Gasteiger partial charge on any atom is -0.444 e. The monoisotopic (exact) mass is 343 g/mol. The summed E-state index contributed by atoms with van der Waals surface area (Å²) in [6, 6.07) is -0.350. The average molecular weight is 343 g/mol. The number of hydrogen-bond acceptors (Lipinski definition) is 6. The van der Waals surface area contributed by atoms with Crippen molar-refractivity contribution < 1.29 is 23.9 Å². The van der Waals surface area contributed by atoms with Crippen LogP contribution in [0.3, 0.4) is 0 Å². The van der Waals surface area contributed by atoms with Crippen molar-refractivity contribution in [2.45, 2.75) is 58.6 Å². The minimum atomic E-state index is -0.570. The van der Waals surface area contributed by atoms with E-state index in [4.69, 9.17) is 14.3 Å². The number of ether oxygens (including phenoxy) is 2. The third-order valence-electron chi connectivity index (χ3n) is 3.21. The molecule has 1 aliphatic heterocycles. The van der Waals surface area contributed by atoms with Gasteiger partial charge in [0.1, 0.15) is 5.60 Å². The molecule has 0 aromatic rings. The summed E-state index contributed by atoms with van der Waals surface area (Å²) in [5.41, 5.74) is -0.570. The molecule has 1 N–H and O–H groups in total. The highest BCUT2D eigenvalue weighted by Gasteiger charge is 2.20. The third kappa shape index (κ3) is 8.71. The first kappa shape index (κ1) is 20.2. The van der Waals surface area contributed by atoms with Crippen LogP contribution in [0.5, 0.6) is 0 Å². The highest BCUT2D eigenvalue weighted by atomic mass is 16.7. The molecule has 0 saturated carbocycles. The summed E-state index contributed by atoms with van der Waals surface area (Å²) in [5.74, 6) is 0. The third-order valence-corrected chi connectivity index (χ3v) is 3.21. The fourth-order valence-electron chi connectivity index (χ4n) is 2.02. The number of alkyl carbamates (subject to hydrolysis) is 1. The maximum Gasteiger partial charge on any atom is 0.436 e. The van der Waals surface area contributed by atoms with Crippen molar-refractivity contribution in [3.63, 3.8) is 0 Å². The van der Waals surface area contributed by atoms with Gasteiger partial charge in [0.25, 0.3) is 0 Å². The highest BCUT2D eigenvalue weighted by Crippen LogP contribution is 2.08. The fourth-order valence-corrected chi connectivity index (χ4v) is 2.02. The van der Waals surface area contributed by atoms with E-state index in [1.54, 1.807) is 20.8 Å². The Morgan fingerprint density at radius 2 is 2.00 bits per heavy atom. The molecule has 1 heterocycles. The Morgan fingerprint density at radius 3 is 2.58 bits per heavy atom. The van der Waals surface area contributed by atoms with E-state index in [1.807, 2.05) is 0 Å². The maximum absolute atomic E-state index is 11.9. The molecule has 1 atom stereocenters. The Kier molecular flexibility index (Phi) is 8.53. The Bertz CT molecular complexity index is 428. The van der Waals surface area contributed by atoms with Gasteiger partial charge < -0.3 is 19.7 Å². The predicted molar refractivity (Wildman–Crippen MR) is 90.0 cm³/mol. The lowest BCUT2D eigenvalue weighted by Crippen LogP contribution is -2.41. The van der Waals surface area contributed by atoms with Crippen molar-refractivity contribution in [3.05, 3.63) is 0 Å². The number of rotatable bonds is 6. The van der Waals surface area contributed by atoms with Gasteiger partial charge in [-0.2, -0.15) is 0 Å². The van der Waals surface area contributed by atoms with Crippen molar-refractivity contribution in [3.8, 4) is 0 Å². The summed E-state index contributed by atoms with van der Waals surface area (Å²) < 4.78 is 10.4. The lowest BCUT2D eigenvalue weighted by atomic mass is 10.1. The van der Waals surface area contributed by atoms with E-state index >= 15 is 0 Å². The van der Waals surface area contributed by atoms with Crippen LogP contribution in [0.1, 0.15) is 47.0 Å². The highest BCUT2D eigenvalue weighted by molar-refractivity contribution is 5.76. The summed E-state index contributed by atoms with van der Waals surface area (Å²) in [5, 5.41) is 6.45. The quantitative estimate of drug-likeness (QED) is 0.455. The SMILES string of the molecule is CCCC[C@@H](/C=N/OC(=O)N1CCOCC1)NC(=O)OC(C)(C)C. The van der Waals surface area contributed by atoms with Crippen molar-refractivity contribution >= 4 is 18.4 Å². The topological polar surface area (TPSA) is 89.5 Å². The summed E-state index contributed by atoms with van der Waals surface area (Å²) in [7, 11) is 0. The molecule has 0 aliphatic carbocycles. The van der Waals surface area contributed by atoms with E-state index in [1.165, 1.54) is 11.1 Å². The fraction of sp³-hybridized carbons (Fsp3) is 0.812. The summed E-state index contributed by atoms with van der Waals surface area (Å²) >= 11 is 0. The molecule has 0 bridgehead atoms. The molecule has 1 rings (SSSR count). The van der Waals surface area contributed by atoms with Gasteiger partial charge in [-0.3, -0.25) is 4.84 Å². The Morgan fingerprint density at radius 1 is 1.33 bits per heavy atom. The Labute approximate surface area is 143 Å². The van der Waals surface area contributed by atoms with Gasteiger partial charge in [0.05, 0.1) is 25.5 Å². The van der Waals surface area contributed by atoms with Crippen LogP contribution in [-0.2, 0) is 14.3 Å². The van der Waals surface area contributed by atoms with Gasteiger partial charge in [0, 0.05) is 13.1 Å². The smallest absolute Gasteiger partial charge is 0.436 e. The molecular formula is C16H29N3O5. The molecule has 1 saturated heterocycles. The second kappa shape index (κ2) is 10.1. The zero-order valence-corrected chi connectivity index (χ0v) is 15.0. The van der Waals surface area contributed by atoms with Crippen LogP contribution in [-0.4, -0.2) is 61.2 Å². The first-order chi connectivity index (χ1) is 11.3. The number of amides is 2. The zero-order chi connectivity index (χ0) is 18.0. The van der Waals surface area contributed by atoms with Crippen LogP contribution in [0, 0.1) is 0 Å². The molecule has 2 amide bonds. The van der Waals surface area contributed by atoms with Gasteiger partial charge in [-0.15, -0.1) is 0 Å². The number of nitrogens with one attached hydrogen (secondary N) is 1. The summed E-state index contributed by atoms with van der Waals surface area (Å²) in [4.78, 5) is 30.1. The standard InChI is InChI=1S/C16H29N3O5/c1-5-6-7-13(18-14(20)23-16(2,3)4)12-17-24-15(21)19-8-10-22-11-9-19/h12-13H,5-11H2,1-4H3,(H,18,20)/b17-12+/t13-/m0/s1. The van der Waals surface area contributed by atoms with E-state index in [9.17, 15) is 9.59 Å². The number of oxime groups is 1. The normalized spacial score (nSPS) is 16.8. The molecule has 8 nitrogen and oxygen atoms in total. The van der Waals surface area contributed by atoms with Gasteiger partial charge in [-0.25, -0.2) is 9.59 Å². The zero-order valence-electron chi connectivity index (χ0n) is 15.0. The number of nitrogens with zero attached hydrogens (tertiary/aromatic N) is 2. The van der Waals surface area contributed by atoms with E-state index in [2.05, 4.69) is 17.4 Å². The molecule has 138 valence electrons. The molecule has 0 radical (unpaired) electrons. The lowest BCUT2D eigenvalue weighted by molar-refractivity contribution is 0.0279. The van der Waals surface area contributed by atoms with Crippen molar-refractivity contribution in [1.82, 2.24) is 10.2 Å². The number of hydrogen-bond donors (Lipinski definition) is 1. The maximum atomic E-state index is 11.9. The molecular weight excluding hydrogens is 314 g/mol. The summed E-state index contributed by atoms with van der Waals surface area (Å²) in [6.07, 6.45) is 2.97. The molecule has 1 aliphatic rings. The van der Waals surface area contributed by atoms with Gasteiger partial charge in [0.2, 0.25) is 0 Å². The first-order valence-electron chi connectivity index (χ1n) is 8.38. The van der Waals surface area contributed by atoms with Crippen molar-refractivity contribution in [2.24, 2.45) is 5.16 Å². The van der Waals surface area contributed by atoms with Gasteiger partial charge in [0.15, 0.2) is 0 Å². The number of unbranched alkanes of at least 4 members (excludes halogenated alkanes) is 1. The molecule has 24 heavy (non-hydrogen) atoms. The summed E-state index contributed by atoms with van der Waals surface area (Å²) in [6.45, 7) is 9.42. The van der Waals surface area contributed by atoms with E-state index in [0.29, 0.717) is 32.7 Å². The average Bonchev–Trinajstić information content (AvgIpc) is 2.51. The lowest BCUT2D eigenvalue weighted by Gasteiger charge is -2.24. The first-order valence-corrected chi connectivity index (χ1v) is 8.38. The van der Waals surface area contributed by atoms with Gasteiger partial charge in [-0.05, 0) is 27.2 Å². The Hall–Kier alpha value is -1.83. The number of carbonyl (C=O) groups excluding carboxylic acids is 2. The second-order valence-corrected chi connectivity index (χ2v) is 6.61. The molecule has 0 unspecified atom stereocenters. The number of morpholine rings is 1. The van der Waals surface area contributed by atoms with Crippen LogP contribution in [0.4, 0.5) is 9.59 Å². The van der Waals surface area contributed by atoms with E-state index in [0.717, 1.165) is 12.8 Å². The molecule has 0 spiro atoms. The molecule has 8 heteroatoms. The van der Waals surface area contributed by atoms with Gasteiger partial charge >= 0.3 is 12.2 Å². The largest absolute Gasteiger partial charge is 0.444 e. The second-order valence-electron chi connectivity index (χ2n) is 6.61. The number of carbonyl (C=O) groups is 2. The van der Waals surface area contributed by atoms with E-state index < -0.39 is 17.8 Å². The van der Waals surface area contributed by atoms with Crippen LogP contribution < -0.4 is 5.32 Å². The predicted octanol–water partition coefficient (Wildman–Crippen LogP) is 2.52. The van der Waals surface area contributed by atoms with Gasteiger partial charge in [-0.1, -0.05) is 24.9 Å². The Balaban J connectivity index is 2.48. The molecule has 0 aromatic carbocycles. The van der Waals surface area contributed by atoms with Crippen LogP contribution >= 0.6 is 0 Å².